The Balaban J connectivity index is 0.00000420. The molecule has 8 nitrogen and oxygen atoms in total. The molecule has 1 saturated carbocycles. The second-order valence-electron chi connectivity index (χ2n) is 6.65. The lowest BCUT2D eigenvalue weighted by Crippen LogP contribution is -2.35. The summed E-state index contributed by atoms with van der Waals surface area (Å²) in [4.78, 5) is 4.37. The molecule has 0 atom stereocenters. The number of sulfonamides is 1. The molecule has 3 N–H and O–H groups in total. The minimum Gasteiger partial charge on any atom is -0.493 e. The Bertz CT molecular complexity index is 755. The molecule has 1 aliphatic carbocycles. The van der Waals surface area contributed by atoms with Gasteiger partial charge in [-0.1, -0.05) is 6.42 Å². The lowest BCUT2D eigenvalue weighted by atomic mass is 9.86. The number of nitrogens with one attached hydrogen (secondary N) is 3. The van der Waals surface area contributed by atoms with Crippen molar-refractivity contribution in [3.8, 4) is 11.5 Å². The van der Waals surface area contributed by atoms with Crippen molar-refractivity contribution in [3.05, 3.63) is 18.2 Å². The number of ether oxygens (including phenoxy) is 2. The van der Waals surface area contributed by atoms with Gasteiger partial charge in [-0.3, -0.25) is 4.99 Å². The van der Waals surface area contributed by atoms with E-state index in [9.17, 15) is 8.42 Å². The molecule has 1 fully saturated rings. The van der Waals surface area contributed by atoms with Crippen molar-refractivity contribution in [3.63, 3.8) is 0 Å². The molecule has 10 heteroatoms. The fourth-order valence-corrected chi connectivity index (χ4v) is 3.72. The van der Waals surface area contributed by atoms with Gasteiger partial charge in [-0.2, -0.15) is 0 Å². The average Bonchev–Trinajstić information content (AvgIpc) is 2.61. The SMILES string of the molecule is CCNC(=NCCS(=O)(=O)NCC1CCC1)Nc1ccc(OCC)c(OC)c1.I. The molecule has 0 bridgehead atoms. The summed E-state index contributed by atoms with van der Waals surface area (Å²) in [7, 11) is -1.72. The molecule has 2 rings (SSSR count). The van der Waals surface area contributed by atoms with Crippen LogP contribution < -0.4 is 24.8 Å². The minimum absolute atomic E-state index is 0. The Hall–Kier alpha value is -1.27. The summed E-state index contributed by atoms with van der Waals surface area (Å²) < 4.78 is 37.8. The van der Waals surface area contributed by atoms with E-state index in [4.69, 9.17) is 9.47 Å². The van der Waals surface area contributed by atoms with Crippen LogP contribution in [0.15, 0.2) is 23.2 Å². The number of anilines is 1. The van der Waals surface area contributed by atoms with E-state index < -0.39 is 10.0 Å². The first kappa shape index (κ1) is 25.8. The zero-order valence-corrected chi connectivity index (χ0v) is 20.5. The van der Waals surface area contributed by atoms with E-state index in [-0.39, 0.29) is 36.3 Å². The predicted octanol–water partition coefficient (Wildman–Crippen LogP) is 2.81. The van der Waals surface area contributed by atoms with Crippen molar-refractivity contribution in [2.24, 2.45) is 10.9 Å². The minimum atomic E-state index is -3.31. The molecule has 166 valence electrons. The monoisotopic (exact) mass is 540 g/mol. The van der Waals surface area contributed by atoms with Gasteiger partial charge in [-0.05, 0) is 44.7 Å². The number of methoxy groups -OCH3 is 1. The Morgan fingerprint density at radius 3 is 2.59 bits per heavy atom. The summed E-state index contributed by atoms with van der Waals surface area (Å²) in [5, 5.41) is 6.28. The molecule has 1 aliphatic rings. The number of benzene rings is 1. The summed E-state index contributed by atoms with van der Waals surface area (Å²) in [5.74, 6) is 2.25. The Morgan fingerprint density at radius 1 is 1.24 bits per heavy atom. The smallest absolute Gasteiger partial charge is 0.213 e. The summed E-state index contributed by atoms with van der Waals surface area (Å²) in [6.07, 6.45) is 3.42. The highest BCUT2D eigenvalue weighted by molar-refractivity contribution is 14.0. The number of hydrogen-bond acceptors (Lipinski definition) is 5. The van der Waals surface area contributed by atoms with Gasteiger partial charge < -0.3 is 20.1 Å². The van der Waals surface area contributed by atoms with Crippen LogP contribution in [0.1, 0.15) is 33.1 Å². The quantitative estimate of drug-likeness (QED) is 0.227. The third kappa shape index (κ3) is 8.95. The van der Waals surface area contributed by atoms with Gasteiger partial charge in [-0.15, -0.1) is 24.0 Å². The number of hydrogen-bond donors (Lipinski definition) is 3. The fourth-order valence-electron chi connectivity index (χ4n) is 2.76. The second kappa shape index (κ2) is 13.1. The number of halogens is 1. The van der Waals surface area contributed by atoms with Crippen LogP contribution in [0, 0.1) is 5.92 Å². The maximum atomic E-state index is 12.1. The van der Waals surface area contributed by atoms with E-state index >= 15 is 0 Å². The Labute approximate surface area is 191 Å². The molecule has 0 saturated heterocycles. The van der Waals surface area contributed by atoms with E-state index in [0.29, 0.717) is 43.1 Å². The van der Waals surface area contributed by atoms with Gasteiger partial charge in [0.1, 0.15) is 0 Å². The van der Waals surface area contributed by atoms with Gasteiger partial charge in [0.05, 0.1) is 26.0 Å². The molecule has 0 heterocycles. The summed E-state index contributed by atoms with van der Waals surface area (Å²) >= 11 is 0. The van der Waals surface area contributed by atoms with Crippen molar-refractivity contribution in [1.29, 1.82) is 0 Å². The van der Waals surface area contributed by atoms with Crippen LogP contribution in [0.5, 0.6) is 11.5 Å². The highest BCUT2D eigenvalue weighted by Gasteiger charge is 2.20. The summed E-state index contributed by atoms with van der Waals surface area (Å²) in [5.41, 5.74) is 0.769. The Morgan fingerprint density at radius 2 is 2.00 bits per heavy atom. The maximum absolute atomic E-state index is 12.1. The molecule has 0 unspecified atom stereocenters. The summed E-state index contributed by atoms with van der Waals surface area (Å²) in [6.45, 7) is 5.78. The van der Waals surface area contributed by atoms with Gasteiger partial charge in [0.2, 0.25) is 10.0 Å². The maximum Gasteiger partial charge on any atom is 0.213 e. The standard InChI is InChI=1S/C19H32N4O4S.HI/c1-4-20-19(21-11-12-28(24,25)22-14-15-7-6-8-15)23-16-9-10-17(27-5-2)18(13-16)26-3;/h9-10,13,15,22H,4-8,11-12,14H2,1-3H3,(H2,20,21,23);1H. The van der Waals surface area contributed by atoms with Gasteiger partial charge >= 0.3 is 0 Å². The molecule has 0 amide bonds. The van der Waals surface area contributed by atoms with Crippen LogP contribution in [0.4, 0.5) is 5.69 Å². The molecular weight excluding hydrogens is 507 g/mol. The second-order valence-corrected chi connectivity index (χ2v) is 8.57. The van der Waals surface area contributed by atoms with Crippen LogP contribution in [0.3, 0.4) is 0 Å². The van der Waals surface area contributed by atoms with Gasteiger partial charge in [0, 0.05) is 24.8 Å². The van der Waals surface area contributed by atoms with Crippen LogP contribution in [0.2, 0.25) is 0 Å². The van der Waals surface area contributed by atoms with E-state index in [1.165, 1.54) is 6.42 Å². The van der Waals surface area contributed by atoms with Gasteiger partial charge in [0.15, 0.2) is 17.5 Å². The number of rotatable bonds is 11. The topological polar surface area (TPSA) is 101 Å². The van der Waals surface area contributed by atoms with E-state index in [1.54, 1.807) is 7.11 Å². The van der Waals surface area contributed by atoms with Gasteiger partial charge in [0.25, 0.3) is 0 Å². The lowest BCUT2D eigenvalue weighted by molar-refractivity contribution is 0.311. The Kier molecular flexibility index (Phi) is 11.7. The largest absolute Gasteiger partial charge is 0.493 e. The molecule has 29 heavy (non-hydrogen) atoms. The third-order valence-corrected chi connectivity index (χ3v) is 5.84. The zero-order valence-electron chi connectivity index (χ0n) is 17.4. The molecule has 0 aromatic heterocycles. The van der Waals surface area contributed by atoms with Crippen molar-refractivity contribution in [1.82, 2.24) is 10.0 Å². The third-order valence-electron chi connectivity index (χ3n) is 4.52. The molecule has 1 aromatic rings. The van der Waals surface area contributed by atoms with Crippen LogP contribution in [-0.4, -0.2) is 53.5 Å². The predicted molar refractivity (Wildman–Crippen MR) is 128 cm³/mol. The van der Waals surface area contributed by atoms with Crippen molar-refractivity contribution >= 4 is 45.6 Å². The lowest BCUT2D eigenvalue weighted by Gasteiger charge is -2.25. The molecule has 1 aromatic carbocycles. The number of guanidine groups is 1. The number of nitrogens with zero attached hydrogens (tertiary/aromatic N) is 1. The highest BCUT2D eigenvalue weighted by Crippen LogP contribution is 2.30. The summed E-state index contributed by atoms with van der Waals surface area (Å²) in [6, 6.07) is 5.50. The molecule has 0 spiro atoms. The van der Waals surface area contributed by atoms with Crippen LogP contribution >= 0.6 is 24.0 Å². The van der Waals surface area contributed by atoms with E-state index in [2.05, 4.69) is 20.3 Å². The van der Waals surface area contributed by atoms with Crippen LogP contribution in [-0.2, 0) is 10.0 Å². The van der Waals surface area contributed by atoms with Crippen molar-refractivity contribution in [2.75, 3.05) is 44.4 Å². The van der Waals surface area contributed by atoms with Gasteiger partial charge in [-0.25, -0.2) is 13.1 Å². The number of aliphatic imine (C=N–C) groups is 1. The first-order chi connectivity index (χ1) is 13.5. The fraction of sp³-hybridized carbons (Fsp3) is 0.632. The van der Waals surface area contributed by atoms with E-state index in [1.807, 2.05) is 32.0 Å². The van der Waals surface area contributed by atoms with E-state index in [0.717, 1.165) is 18.5 Å². The first-order valence-corrected chi connectivity index (χ1v) is 11.5. The normalized spacial score (nSPS) is 14.5. The average molecular weight is 540 g/mol. The zero-order chi connectivity index (χ0) is 20.4. The molecule has 0 aliphatic heterocycles. The van der Waals surface area contributed by atoms with Crippen LogP contribution in [0.25, 0.3) is 0 Å². The molecule has 0 radical (unpaired) electrons. The first-order valence-electron chi connectivity index (χ1n) is 9.81. The van der Waals surface area contributed by atoms with Crippen molar-refractivity contribution in [2.45, 2.75) is 33.1 Å². The highest BCUT2D eigenvalue weighted by atomic mass is 127. The van der Waals surface area contributed by atoms with Crippen molar-refractivity contribution < 1.29 is 17.9 Å². The molecular formula is C19H33IN4O4S.